The first-order valence-corrected chi connectivity index (χ1v) is 11.8. The predicted octanol–water partition coefficient (Wildman–Crippen LogP) is 3.91. The van der Waals surface area contributed by atoms with Crippen LogP contribution in [-0.4, -0.2) is 56.0 Å². The molecule has 2 aromatic carbocycles. The fraction of sp³-hybridized carbons (Fsp3) is 0.435. The van der Waals surface area contributed by atoms with Crippen LogP contribution in [0.5, 0.6) is 0 Å². The van der Waals surface area contributed by atoms with E-state index in [1.54, 1.807) is 13.8 Å². The molecule has 0 radical (unpaired) electrons. The molecule has 1 saturated heterocycles. The van der Waals surface area contributed by atoms with Gasteiger partial charge in [0.2, 0.25) is 0 Å². The van der Waals surface area contributed by atoms with Crippen LogP contribution < -0.4 is 5.32 Å². The molecule has 0 unspecified atom stereocenters. The van der Waals surface area contributed by atoms with E-state index in [4.69, 9.17) is 4.99 Å². The third kappa shape index (κ3) is 5.75. The maximum absolute atomic E-state index is 12.4. The Labute approximate surface area is 197 Å². The molecule has 7 heteroatoms. The van der Waals surface area contributed by atoms with Crippen molar-refractivity contribution >= 4 is 39.8 Å². The highest BCUT2D eigenvalue weighted by molar-refractivity contribution is 14.0. The van der Waals surface area contributed by atoms with E-state index in [-0.39, 0.29) is 35.6 Å². The van der Waals surface area contributed by atoms with Crippen molar-refractivity contribution in [1.29, 1.82) is 0 Å². The molecular weight excluding hydrogens is 509 g/mol. The van der Waals surface area contributed by atoms with Gasteiger partial charge in [-0.25, -0.2) is 8.42 Å². The fourth-order valence-corrected chi connectivity index (χ4v) is 5.07. The van der Waals surface area contributed by atoms with Crippen molar-refractivity contribution < 1.29 is 8.42 Å². The van der Waals surface area contributed by atoms with Crippen LogP contribution in [0.1, 0.15) is 37.8 Å². The van der Waals surface area contributed by atoms with Crippen LogP contribution in [0, 0.1) is 0 Å². The van der Waals surface area contributed by atoms with Crippen molar-refractivity contribution in [3.8, 4) is 0 Å². The molecule has 0 spiro atoms. The number of hydrogen-bond acceptors (Lipinski definition) is 3. The average Bonchev–Trinajstić information content (AvgIpc) is 2.71. The topological polar surface area (TPSA) is 61.8 Å². The molecule has 0 aliphatic carbocycles. The Morgan fingerprint density at radius 1 is 1.07 bits per heavy atom. The average molecular weight is 541 g/mol. The predicted molar refractivity (Wildman–Crippen MR) is 136 cm³/mol. The molecule has 2 aromatic rings. The Bertz CT molecular complexity index is 892. The summed E-state index contributed by atoms with van der Waals surface area (Å²) >= 11 is 0. The second-order valence-electron chi connectivity index (χ2n) is 8.07. The summed E-state index contributed by atoms with van der Waals surface area (Å²) in [6.07, 6.45) is 0. The molecule has 0 saturated carbocycles. The van der Waals surface area contributed by atoms with Crippen molar-refractivity contribution in [2.75, 3.05) is 31.9 Å². The van der Waals surface area contributed by atoms with Crippen LogP contribution >= 0.6 is 24.0 Å². The van der Waals surface area contributed by atoms with Gasteiger partial charge in [0, 0.05) is 25.6 Å². The van der Waals surface area contributed by atoms with Crippen molar-refractivity contribution in [2.24, 2.45) is 4.99 Å². The van der Waals surface area contributed by atoms with Gasteiger partial charge in [0.05, 0.1) is 17.0 Å². The van der Waals surface area contributed by atoms with E-state index < -0.39 is 14.6 Å². The smallest absolute Gasteiger partial charge is 0.194 e. The standard InChI is InChI=1S/C23H31N3O2S.HI/c1-4-24-22(26-15-16-29(27,28)23(2,3)18-26)25-17-21(19-11-7-5-8-12-19)20-13-9-6-10-14-20;/h5-14,21H,4,15-18H2,1-3H3,(H,24,25);1H. The Kier molecular flexibility index (Phi) is 8.73. The fourth-order valence-electron chi connectivity index (χ4n) is 3.70. The van der Waals surface area contributed by atoms with Crippen LogP contribution in [-0.2, 0) is 9.84 Å². The molecule has 5 nitrogen and oxygen atoms in total. The highest BCUT2D eigenvalue weighted by Crippen LogP contribution is 2.26. The first kappa shape index (κ1) is 24.7. The largest absolute Gasteiger partial charge is 0.357 e. The first-order chi connectivity index (χ1) is 13.8. The Balaban J connectivity index is 0.00000320. The summed E-state index contributed by atoms with van der Waals surface area (Å²) in [7, 11) is -3.08. The molecule has 30 heavy (non-hydrogen) atoms. The Hall–Kier alpha value is -1.61. The lowest BCUT2D eigenvalue weighted by Gasteiger charge is -2.39. The van der Waals surface area contributed by atoms with Gasteiger partial charge >= 0.3 is 0 Å². The highest BCUT2D eigenvalue weighted by Gasteiger charge is 2.41. The molecule has 1 fully saturated rings. The van der Waals surface area contributed by atoms with Gasteiger partial charge in [0.15, 0.2) is 15.8 Å². The number of aliphatic imine (C=N–C) groups is 1. The number of guanidine groups is 1. The number of rotatable bonds is 5. The van der Waals surface area contributed by atoms with E-state index in [0.29, 0.717) is 19.6 Å². The summed E-state index contributed by atoms with van der Waals surface area (Å²) < 4.78 is 24.0. The normalized spacial score (nSPS) is 18.0. The molecule has 3 rings (SSSR count). The first-order valence-electron chi connectivity index (χ1n) is 10.2. The van der Waals surface area contributed by atoms with Crippen LogP contribution in [0.2, 0.25) is 0 Å². The number of halogens is 1. The van der Waals surface area contributed by atoms with E-state index in [2.05, 4.69) is 58.7 Å². The maximum Gasteiger partial charge on any atom is 0.194 e. The minimum absolute atomic E-state index is 0. The lowest BCUT2D eigenvalue weighted by Crippen LogP contribution is -2.57. The van der Waals surface area contributed by atoms with Gasteiger partial charge in [-0.2, -0.15) is 0 Å². The Morgan fingerprint density at radius 2 is 1.60 bits per heavy atom. The van der Waals surface area contributed by atoms with E-state index in [9.17, 15) is 8.42 Å². The number of benzene rings is 2. The summed E-state index contributed by atoms with van der Waals surface area (Å²) in [5, 5.41) is 3.36. The molecule has 0 atom stereocenters. The number of hydrogen-bond donors (Lipinski definition) is 1. The lowest BCUT2D eigenvalue weighted by atomic mass is 9.91. The monoisotopic (exact) mass is 541 g/mol. The second-order valence-corrected chi connectivity index (χ2v) is 10.8. The van der Waals surface area contributed by atoms with Gasteiger partial charge in [0.25, 0.3) is 0 Å². The van der Waals surface area contributed by atoms with Crippen molar-refractivity contribution in [2.45, 2.75) is 31.4 Å². The minimum atomic E-state index is -3.08. The zero-order valence-corrected chi connectivity index (χ0v) is 21.1. The zero-order valence-electron chi connectivity index (χ0n) is 17.9. The van der Waals surface area contributed by atoms with Gasteiger partial charge in [0.1, 0.15) is 0 Å². The number of nitrogens with one attached hydrogen (secondary N) is 1. The SMILES string of the molecule is CCNC(=NCC(c1ccccc1)c1ccccc1)N1CCS(=O)(=O)C(C)(C)C1.I. The molecule has 1 aliphatic rings. The van der Waals surface area contributed by atoms with Crippen LogP contribution in [0.25, 0.3) is 0 Å². The number of sulfone groups is 1. The molecule has 0 aromatic heterocycles. The van der Waals surface area contributed by atoms with Gasteiger partial charge in [-0.3, -0.25) is 4.99 Å². The minimum Gasteiger partial charge on any atom is -0.357 e. The number of nitrogens with zero attached hydrogens (tertiary/aromatic N) is 2. The lowest BCUT2D eigenvalue weighted by molar-refractivity contribution is 0.353. The van der Waals surface area contributed by atoms with Gasteiger partial charge in [-0.15, -0.1) is 24.0 Å². The highest BCUT2D eigenvalue weighted by atomic mass is 127. The van der Waals surface area contributed by atoms with Gasteiger partial charge < -0.3 is 10.2 Å². The van der Waals surface area contributed by atoms with E-state index in [1.165, 1.54) is 11.1 Å². The van der Waals surface area contributed by atoms with Crippen LogP contribution in [0.4, 0.5) is 0 Å². The molecule has 164 valence electrons. The molecule has 1 aliphatic heterocycles. The van der Waals surface area contributed by atoms with Crippen molar-refractivity contribution in [1.82, 2.24) is 10.2 Å². The molecule has 0 amide bonds. The third-order valence-electron chi connectivity index (χ3n) is 5.51. The van der Waals surface area contributed by atoms with E-state index in [1.807, 2.05) is 19.1 Å². The second kappa shape index (κ2) is 10.6. The van der Waals surface area contributed by atoms with E-state index >= 15 is 0 Å². The molecular formula is C23H32IN3O2S. The zero-order chi connectivity index (χ0) is 20.9. The summed E-state index contributed by atoms with van der Waals surface area (Å²) in [5.41, 5.74) is 2.44. The van der Waals surface area contributed by atoms with Crippen molar-refractivity contribution in [3.63, 3.8) is 0 Å². The maximum atomic E-state index is 12.4. The van der Waals surface area contributed by atoms with Gasteiger partial charge in [-0.1, -0.05) is 60.7 Å². The summed E-state index contributed by atoms with van der Waals surface area (Å²) in [6, 6.07) is 20.8. The summed E-state index contributed by atoms with van der Waals surface area (Å²) in [6.45, 7) is 7.89. The Morgan fingerprint density at radius 3 is 2.07 bits per heavy atom. The summed E-state index contributed by atoms with van der Waals surface area (Å²) in [4.78, 5) is 7.02. The quantitative estimate of drug-likeness (QED) is 0.355. The van der Waals surface area contributed by atoms with Gasteiger partial charge in [-0.05, 0) is 31.9 Å². The van der Waals surface area contributed by atoms with Crippen LogP contribution in [0.3, 0.4) is 0 Å². The van der Waals surface area contributed by atoms with Crippen LogP contribution in [0.15, 0.2) is 65.7 Å². The molecule has 1 heterocycles. The molecule has 0 bridgehead atoms. The van der Waals surface area contributed by atoms with Crippen molar-refractivity contribution in [3.05, 3.63) is 71.8 Å². The third-order valence-corrected chi connectivity index (χ3v) is 8.04. The van der Waals surface area contributed by atoms with E-state index in [0.717, 1.165) is 12.5 Å². The summed E-state index contributed by atoms with van der Waals surface area (Å²) in [5.74, 6) is 1.09. The molecule has 1 N–H and O–H groups in total.